The number of carbonyl (C=O) groups is 2. The Balaban J connectivity index is 2.04. The molecule has 0 saturated carbocycles. The number of nitrogens with one attached hydrogen (secondary N) is 1. The van der Waals surface area contributed by atoms with E-state index >= 15 is 0 Å². The normalized spacial score (nSPS) is 12.8. The van der Waals surface area contributed by atoms with E-state index in [4.69, 9.17) is 0 Å². The topological polar surface area (TPSA) is 86.8 Å². The van der Waals surface area contributed by atoms with Crippen molar-refractivity contribution in [1.29, 1.82) is 0 Å². The number of nitrogens with zero attached hydrogens (tertiary/aromatic N) is 2. The zero-order valence-electron chi connectivity index (χ0n) is 22.8. The summed E-state index contributed by atoms with van der Waals surface area (Å²) in [5.74, 6) is -1.33. The molecule has 0 spiro atoms. The molecule has 3 rings (SSSR count). The van der Waals surface area contributed by atoms with Gasteiger partial charge in [-0.3, -0.25) is 13.9 Å². The second-order valence-electron chi connectivity index (χ2n) is 9.45. The maximum Gasteiger partial charge on any atom is 0.264 e. The average Bonchev–Trinajstić information content (AvgIpc) is 2.95. The number of sulfonamides is 1. The summed E-state index contributed by atoms with van der Waals surface area (Å²) in [6.45, 7) is 6.81. The molecule has 0 aliphatic heterocycles. The van der Waals surface area contributed by atoms with E-state index < -0.39 is 34.3 Å². The molecule has 0 heterocycles. The highest BCUT2D eigenvalue weighted by molar-refractivity contribution is 7.92. The molecule has 0 aliphatic rings. The van der Waals surface area contributed by atoms with Crippen LogP contribution in [-0.2, 0) is 32.6 Å². The number of aryl methyl sites for hydroxylation is 1. The lowest BCUT2D eigenvalue weighted by molar-refractivity contribution is -0.139. The molecule has 3 aromatic rings. The van der Waals surface area contributed by atoms with Gasteiger partial charge in [0.15, 0.2) is 0 Å². The van der Waals surface area contributed by atoms with Gasteiger partial charge in [-0.2, -0.15) is 0 Å². The highest BCUT2D eigenvalue weighted by atomic mass is 32.2. The number of hydrogen-bond donors (Lipinski definition) is 1. The van der Waals surface area contributed by atoms with Crippen molar-refractivity contribution in [2.24, 2.45) is 0 Å². The van der Waals surface area contributed by atoms with Gasteiger partial charge in [-0.25, -0.2) is 12.8 Å². The van der Waals surface area contributed by atoms with Crippen molar-refractivity contribution in [2.75, 3.05) is 10.8 Å². The molecule has 2 amide bonds. The smallest absolute Gasteiger partial charge is 0.264 e. The lowest BCUT2D eigenvalue weighted by atomic mass is 10.1. The first-order valence-electron chi connectivity index (χ1n) is 13.1. The molecule has 1 N–H and O–H groups in total. The Morgan fingerprint density at radius 1 is 0.897 bits per heavy atom. The SMILES string of the molecule is CCc1ccccc1N(CC(=O)N(Cc1ccc(F)cc1)[C@@H](C)C(=O)N[C@H](C)CC)S(=O)(=O)c1ccccc1. The molecule has 0 aliphatic carbocycles. The van der Waals surface area contributed by atoms with Gasteiger partial charge in [-0.1, -0.05) is 62.4 Å². The second kappa shape index (κ2) is 13.4. The highest BCUT2D eigenvalue weighted by Crippen LogP contribution is 2.28. The van der Waals surface area contributed by atoms with Crippen LogP contribution in [0.3, 0.4) is 0 Å². The van der Waals surface area contributed by atoms with E-state index in [0.29, 0.717) is 24.1 Å². The molecule has 0 bridgehead atoms. The summed E-state index contributed by atoms with van der Waals surface area (Å²) in [7, 11) is -4.13. The van der Waals surface area contributed by atoms with Crippen LogP contribution in [0.1, 0.15) is 45.2 Å². The summed E-state index contributed by atoms with van der Waals surface area (Å²) < 4.78 is 42.4. The maximum absolute atomic E-state index is 13.9. The summed E-state index contributed by atoms with van der Waals surface area (Å²) >= 11 is 0. The molecule has 7 nitrogen and oxygen atoms in total. The van der Waals surface area contributed by atoms with Crippen molar-refractivity contribution >= 4 is 27.5 Å². The van der Waals surface area contributed by atoms with Crippen LogP contribution in [0, 0.1) is 5.82 Å². The van der Waals surface area contributed by atoms with E-state index in [1.165, 1.54) is 29.2 Å². The molecule has 2 atom stereocenters. The molecule has 0 radical (unpaired) electrons. The Hall–Kier alpha value is -3.72. The van der Waals surface area contributed by atoms with Crippen molar-refractivity contribution in [1.82, 2.24) is 10.2 Å². The summed E-state index contributed by atoms with van der Waals surface area (Å²) in [5, 5.41) is 2.89. The zero-order chi connectivity index (χ0) is 28.6. The molecule has 39 heavy (non-hydrogen) atoms. The monoisotopic (exact) mass is 553 g/mol. The first kappa shape index (κ1) is 29.8. The fourth-order valence-corrected chi connectivity index (χ4v) is 5.59. The van der Waals surface area contributed by atoms with Crippen LogP contribution in [0.4, 0.5) is 10.1 Å². The molecule has 0 unspecified atom stereocenters. The van der Waals surface area contributed by atoms with Gasteiger partial charge in [0.2, 0.25) is 11.8 Å². The van der Waals surface area contributed by atoms with Crippen LogP contribution in [0.5, 0.6) is 0 Å². The summed E-state index contributed by atoms with van der Waals surface area (Å²) in [5.41, 5.74) is 1.77. The van der Waals surface area contributed by atoms with Crippen molar-refractivity contribution < 1.29 is 22.4 Å². The van der Waals surface area contributed by atoms with Crippen molar-refractivity contribution in [3.8, 4) is 0 Å². The Bertz CT molecular complexity index is 1360. The van der Waals surface area contributed by atoms with Gasteiger partial charge >= 0.3 is 0 Å². The quantitative estimate of drug-likeness (QED) is 0.345. The third-order valence-corrected chi connectivity index (χ3v) is 8.46. The molecule has 0 saturated heterocycles. The third kappa shape index (κ3) is 7.44. The predicted molar refractivity (Wildman–Crippen MR) is 151 cm³/mol. The number of anilines is 1. The van der Waals surface area contributed by atoms with E-state index in [0.717, 1.165) is 9.87 Å². The van der Waals surface area contributed by atoms with Gasteiger partial charge in [-0.05, 0) is 68.1 Å². The standard InChI is InChI=1S/C30H36FN3O4S/c1-5-22(3)32-30(36)23(4)33(20-24-16-18-26(31)19-17-24)29(35)21-34(28-15-11-10-12-25(28)6-2)39(37,38)27-13-8-7-9-14-27/h7-19,22-23H,5-6,20-21H2,1-4H3,(H,32,36)/t22-,23+/m1/s1. The molecule has 0 fully saturated rings. The molecule has 9 heteroatoms. The zero-order valence-corrected chi connectivity index (χ0v) is 23.6. The summed E-state index contributed by atoms with van der Waals surface area (Å²) in [6, 6.07) is 19.6. The third-order valence-electron chi connectivity index (χ3n) is 6.69. The Morgan fingerprint density at radius 2 is 1.51 bits per heavy atom. The van der Waals surface area contributed by atoms with Gasteiger partial charge in [-0.15, -0.1) is 0 Å². The van der Waals surface area contributed by atoms with Gasteiger partial charge in [0.25, 0.3) is 10.0 Å². The summed E-state index contributed by atoms with van der Waals surface area (Å²) in [6.07, 6.45) is 1.26. The van der Waals surface area contributed by atoms with Gasteiger partial charge in [0.1, 0.15) is 18.4 Å². The van der Waals surface area contributed by atoms with Crippen molar-refractivity contribution in [2.45, 2.75) is 64.1 Å². The van der Waals surface area contributed by atoms with E-state index in [-0.39, 0.29) is 23.4 Å². The fraction of sp³-hybridized carbons (Fsp3) is 0.333. The number of halogens is 1. The number of benzene rings is 3. The van der Waals surface area contributed by atoms with Crippen molar-refractivity contribution in [3.63, 3.8) is 0 Å². The van der Waals surface area contributed by atoms with Crippen LogP contribution >= 0.6 is 0 Å². The van der Waals surface area contributed by atoms with Crippen LogP contribution in [0.25, 0.3) is 0 Å². The Labute approximate surface area is 230 Å². The number of rotatable bonds is 12. The predicted octanol–water partition coefficient (Wildman–Crippen LogP) is 4.92. The number of carbonyl (C=O) groups excluding carboxylic acids is 2. The number of amides is 2. The van der Waals surface area contributed by atoms with Crippen LogP contribution in [0.15, 0.2) is 83.8 Å². The van der Waals surface area contributed by atoms with Crippen molar-refractivity contribution in [3.05, 3.63) is 95.8 Å². The van der Waals surface area contributed by atoms with Crippen LogP contribution < -0.4 is 9.62 Å². The fourth-order valence-electron chi connectivity index (χ4n) is 4.12. The van der Waals surface area contributed by atoms with Crippen LogP contribution in [0.2, 0.25) is 0 Å². The van der Waals surface area contributed by atoms with Gasteiger partial charge < -0.3 is 10.2 Å². The lowest BCUT2D eigenvalue weighted by Gasteiger charge is -2.33. The summed E-state index contributed by atoms with van der Waals surface area (Å²) in [4.78, 5) is 28.4. The molecular weight excluding hydrogens is 517 g/mol. The Kier molecular flexibility index (Phi) is 10.2. The lowest BCUT2D eigenvalue weighted by Crippen LogP contribution is -2.52. The van der Waals surface area contributed by atoms with E-state index in [2.05, 4.69) is 5.32 Å². The number of para-hydroxylation sites is 1. The molecule has 3 aromatic carbocycles. The molecule has 0 aromatic heterocycles. The Morgan fingerprint density at radius 3 is 2.13 bits per heavy atom. The van der Waals surface area contributed by atoms with Crippen LogP contribution in [-0.4, -0.2) is 43.8 Å². The van der Waals surface area contributed by atoms with Gasteiger partial charge in [0, 0.05) is 12.6 Å². The molecule has 208 valence electrons. The van der Waals surface area contributed by atoms with E-state index in [9.17, 15) is 22.4 Å². The highest BCUT2D eigenvalue weighted by Gasteiger charge is 2.33. The first-order chi connectivity index (χ1) is 18.6. The van der Waals surface area contributed by atoms with E-state index in [1.807, 2.05) is 32.9 Å². The second-order valence-corrected chi connectivity index (χ2v) is 11.3. The maximum atomic E-state index is 13.9. The largest absolute Gasteiger partial charge is 0.352 e. The number of hydrogen-bond acceptors (Lipinski definition) is 4. The minimum Gasteiger partial charge on any atom is -0.352 e. The van der Waals surface area contributed by atoms with Gasteiger partial charge in [0.05, 0.1) is 10.6 Å². The molecular formula is C30H36FN3O4S. The average molecular weight is 554 g/mol. The minimum atomic E-state index is -4.13. The minimum absolute atomic E-state index is 0.00283. The first-order valence-corrected chi connectivity index (χ1v) is 14.5. The van der Waals surface area contributed by atoms with E-state index in [1.54, 1.807) is 49.4 Å².